The first-order valence-corrected chi connectivity index (χ1v) is 8.66. The number of nitrogens with zero attached hydrogens (tertiary/aromatic N) is 2. The van der Waals surface area contributed by atoms with E-state index < -0.39 is 5.60 Å². The van der Waals surface area contributed by atoms with Crippen LogP contribution in [0.15, 0.2) is 24.3 Å². The van der Waals surface area contributed by atoms with Crippen LogP contribution in [0.3, 0.4) is 0 Å². The number of anilines is 1. The molecular formula is C20H34N2O2. The number of hydrogen-bond donors (Lipinski definition) is 0. The maximum Gasteiger partial charge on any atom is 0.338 e. The first kappa shape index (κ1) is 20.5. The number of carbonyl (C=O) groups excluding carboxylic acids is 1. The number of hydrogen-bond acceptors (Lipinski definition) is 4. The van der Waals surface area contributed by atoms with E-state index in [4.69, 9.17) is 4.74 Å². The Kier molecular flexibility index (Phi) is 6.85. The number of rotatable bonds is 7. The van der Waals surface area contributed by atoms with E-state index in [1.54, 1.807) is 0 Å². The lowest BCUT2D eigenvalue weighted by molar-refractivity contribution is 0.00695. The molecule has 0 amide bonds. The first-order chi connectivity index (χ1) is 10.9. The van der Waals surface area contributed by atoms with E-state index in [-0.39, 0.29) is 11.4 Å². The summed E-state index contributed by atoms with van der Waals surface area (Å²) < 4.78 is 5.42. The minimum atomic E-state index is -0.471. The van der Waals surface area contributed by atoms with Crippen molar-refractivity contribution in [3.8, 4) is 0 Å². The van der Waals surface area contributed by atoms with Crippen LogP contribution < -0.4 is 4.90 Å². The Bertz CT molecular complexity index is 528. The minimum Gasteiger partial charge on any atom is -0.456 e. The van der Waals surface area contributed by atoms with Gasteiger partial charge in [0, 0.05) is 25.3 Å². The molecule has 4 nitrogen and oxygen atoms in total. The van der Waals surface area contributed by atoms with E-state index in [0.29, 0.717) is 5.56 Å². The molecule has 0 unspecified atom stereocenters. The second kappa shape index (κ2) is 8.02. The summed E-state index contributed by atoms with van der Waals surface area (Å²) in [6.45, 7) is 15.3. The van der Waals surface area contributed by atoms with Gasteiger partial charge in [0.1, 0.15) is 5.60 Å². The van der Waals surface area contributed by atoms with Crippen molar-refractivity contribution in [1.29, 1.82) is 0 Å². The molecule has 1 aromatic rings. The van der Waals surface area contributed by atoms with Crippen molar-refractivity contribution in [1.82, 2.24) is 4.90 Å². The van der Waals surface area contributed by atoms with Crippen molar-refractivity contribution < 1.29 is 9.53 Å². The predicted molar refractivity (Wildman–Crippen MR) is 102 cm³/mol. The third kappa shape index (κ3) is 6.91. The smallest absolute Gasteiger partial charge is 0.338 e. The van der Waals surface area contributed by atoms with Crippen LogP contribution in [0.1, 0.15) is 51.9 Å². The average Bonchev–Trinajstić information content (AvgIpc) is 2.41. The third-order valence-corrected chi connectivity index (χ3v) is 3.61. The van der Waals surface area contributed by atoms with Crippen molar-refractivity contribution in [2.45, 2.75) is 47.1 Å². The second-order valence-electron chi connectivity index (χ2n) is 8.46. The standard InChI is InChI=1S/C20H34N2O2/c1-9-22(15-20(5,6)14-21(7)8)17-12-10-16(11-13-17)18(23)24-19(2,3)4/h10-13H,9,14-15H2,1-8H3. The van der Waals surface area contributed by atoms with E-state index in [0.717, 1.165) is 25.3 Å². The highest BCUT2D eigenvalue weighted by molar-refractivity contribution is 5.90. The molecule has 0 saturated carbocycles. The summed E-state index contributed by atoms with van der Waals surface area (Å²) >= 11 is 0. The summed E-state index contributed by atoms with van der Waals surface area (Å²) in [5.74, 6) is -0.273. The van der Waals surface area contributed by atoms with Crippen LogP contribution >= 0.6 is 0 Å². The lowest BCUT2D eigenvalue weighted by Gasteiger charge is -2.35. The molecule has 0 aliphatic carbocycles. The van der Waals surface area contributed by atoms with Gasteiger partial charge in [0.05, 0.1) is 5.56 Å². The molecular weight excluding hydrogens is 300 g/mol. The van der Waals surface area contributed by atoms with Gasteiger partial charge in [0.2, 0.25) is 0 Å². The molecule has 0 aliphatic heterocycles. The molecule has 0 spiro atoms. The molecule has 0 radical (unpaired) electrons. The van der Waals surface area contributed by atoms with Crippen LogP contribution in [0.2, 0.25) is 0 Å². The molecule has 0 fully saturated rings. The number of benzene rings is 1. The largest absolute Gasteiger partial charge is 0.456 e. The van der Waals surface area contributed by atoms with Crippen molar-refractivity contribution in [3.05, 3.63) is 29.8 Å². The Hall–Kier alpha value is -1.55. The summed E-state index contributed by atoms with van der Waals surface area (Å²) in [7, 11) is 4.21. The third-order valence-electron chi connectivity index (χ3n) is 3.61. The van der Waals surface area contributed by atoms with E-state index in [9.17, 15) is 4.79 Å². The number of ether oxygens (including phenoxy) is 1. The topological polar surface area (TPSA) is 32.8 Å². The lowest BCUT2D eigenvalue weighted by Crippen LogP contribution is -2.40. The van der Waals surface area contributed by atoms with Gasteiger partial charge < -0.3 is 14.5 Å². The van der Waals surface area contributed by atoms with Crippen molar-refractivity contribution in [3.63, 3.8) is 0 Å². The molecule has 1 rings (SSSR count). The molecule has 0 heterocycles. The Labute approximate surface area is 147 Å². The number of carbonyl (C=O) groups is 1. The van der Waals surface area contributed by atoms with Gasteiger partial charge in [-0.1, -0.05) is 13.8 Å². The fraction of sp³-hybridized carbons (Fsp3) is 0.650. The van der Waals surface area contributed by atoms with Crippen LogP contribution in [0.4, 0.5) is 5.69 Å². The fourth-order valence-electron chi connectivity index (χ4n) is 2.95. The van der Waals surface area contributed by atoms with Gasteiger partial charge in [-0.15, -0.1) is 0 Å². The zero-order valence-corrected chi connectivity index (χ0v) is 16.6. The van der Waals surface area contributed by atoms with Gasteiger partial charge in [-0.05, 0) is 71.5 Å². The molecule has 0 N–H and O–H groups in total. The first-order valence-electron chi connectivity index (χ1n) is 8.66. The van der Waals surface area contributed by atoms with E-state index in [1.165, 1.54) is 0 Å². The Morgan fingerprint density at radius 1 is 1.00 bits per heavy atom. The van der Waals surface area contributed by atoms with E-state index >= 15 is 0 Å². The molecule has 0 aromatic heterocycles. The normalized spacial score (nSPS) is 12.4. The Balaban J connectivity index is 2.84. The molecule has 4 heteroatoms. The van der Waals surface area contributed by atoms with Crippen LogP contribution in [-0.4, -0.2) is 50.2 Å². The summed E-state index contributed by atoms with van der Waals surface area (Å²) in [6.07, 6.45) is 0. The molecule has 1 aromatic carbocycles. The Morgan fingerprint density at radius 2 is 1.54 bits per heavy atom. The second-order valence-corrected chi connectivity index (χ2v) is 8.46. The SMILES string of the molecule is CCN(CC(C)(C)CN(C)C)c1ccc(C(=O)OC(C)(C)C)cc1. The number of esters is 1. The highest BCUT2D eigenvalue weighted by atomic mass is 16.6. The maximum absolute atomic E-state index is 12.1. The fourth-order valence-corrected chi connectivity index (χ4v) is 2.95. The quantitative estimate of drug-likeness (QED) is 0.704. The highest BCUT2D eigenvalue weighted by Crippen LogP contribution is 2.24. The van der Waals surface area contributed by atoms with E-state index in [2.05, 4.69) is 44.7 Å². The van der Waals surface area contributed by atoms with Gasteiger partial charge in [-0.3, -0.25) is 0 Å². The van der Waals surface area contributed by atoms with Gasteiger partial charge in [0.15, 0.2) is 0 Å². The van der Waals surface area contributed by atoms with Crippen LogP contribution in [0.5, 0.6) is 0 Å². The molecule has 136 valence electrons. The van der Waals surface area contributed by atoms with Crippen molar-refractivity contribution in [2.24, 2.45) is 5.41 Å². The summed E-state index contributed by atoms with van der Waals surface area (Å²) in [4.78, 5) is 16.7. The van der Waals surface area contributed by atoms with Crippen molar-refractivity contribution >= 4 is 11.7 Å². The summed E-state index contributed by atoms with van der Waals surface area (Å²) in [5.41, 5.74) is 1.44. The van der Waals surface area contributed by atoms with Gasteiger partial charge in [-0.2, -0.15) is 0 Å². The lowest BCUT2D eigenvalue weighted by atomic mass is 9.92. The molecule has 0 saturated heterocycles. The zero-order chi connectivity index (χ0) is 18.5. The molecule has 24 heavy (non-hydrogen) atoms. The van der Waals surface area contributed by atoms with Crippen LogP contribution in [-0.2, 0) is 4.74 Å². The predicted octanol–water partition coefficient (Wildman–Crippen LogP) is 4.06. The van der Waals surface area contributed by atoms with Gasteiger partial charge in [-0.25, -0.2) is 4.79 Å². The molecule has 0 atom stereocenters. The summed E-state index contributed by atoms with van der Waals surface area (Å²) in [5, 5.41) is 0. The van der Waals surface area contributed by atoms with Crippen LogP contribution in [0.25, 0.3) is 0 Å². The molecule has 0 bridgehead atoms. The van der Waals surface area contributed by atoms with E-state index in [1.807, 2.05) is 45.0 Å². The van der Waals surface area contributed by atoms with Gasteiger partial charge in [0.25, 0.3) is 0 Å². The minimum absolute atomic E-state index is 0.184. The average molecular weight is 335 g/mol. The maximum atomic E-state index is 12.1. The highest BCUT2D eigenvalue weighted by Gasteiger charge is 2.23. The summed E-state index contributed by atoms with van der Waals surface area (Å²) in [6, 6.07) is 7.72. The molecule has 0 aliphatic rings. The zero-order valence-electron chi connectivity index (χ0n) is 16.6. The van der Waals surface area contributed by atoms with Crippen molar-refractivity contribution in [2.75, 3.05) is 38.6 Å². The monoisotopic (exact) mass is 334 g/mol. The Morgan fingerprint density at radius 3 is 1.96 bits per heavy atom. The van der Waals surface area contributed by atoms with Crippen LogP contribution in [0, 0.1) is 5.41 Å². The van der Waals surface area contributed by atoms with Gasteiger partial charge >= 0.3 is 5.97 Å².